The highest BCUT2D eigenvalue weighted by molar-refractivity contribution is 9.10. The molecule has 1 N–H and O–H groups in total. The van der Waals surface area contributed by atoms with E-state index in [0.29, 0.717) is 19.0 Å². The van der Waals surface area contributed by atoms with Crippen molar-refractivity contribution >= 4 is 33.4 Å². The van der Waals surface area contributed by atoms with Gasteiger partial charge in [-0.3, -0.25) is 9.59 Å². The molecule has 1 fully saturated rings. The van der Waals surface area contributed by atoms with E-state index in [1.807, 2.05) is 30.0 Å². The van der Waals surface area contributed by atoms with E-state index in [2.05, 4.69) is 21.2 Å². The Kier molecular flexibility index (Phi) is 7.28. The van der Waals surface area contributed by atoms with Crippen molar-refractivity contribution in [3.8, 4) is 0 Å². The maximum Gasteiger partial charge on any atom is 0.226 e. The van der Waals surface area contributed by atoms with Gasteiger partial charge in [-0.2, -0.15) is 0 Å². The molecule has 0 saturated heterocycles. The molecule has 2 rings (SSSR count). The number of nitrogens with one attached hydrogen (secondary N) is 1. The molecule has 1 aliphatic carbocycles. The van der Waals surface area contributed by atoms with E-state index in [-0.39, 0.29) is 11.8 Å². The Labute approximate surface area is 153 Å². The molecule has 0 bridgehead atoms. The normalized spacial score (nSPS) is 15.6. The minimum Gasteiger partial charge on any atom is -0.339 e. The van der Waals surface area contributed by atoms with Crippen molar-refractivity contribution in [3.05, 3.63) is 28.2 Å². The van der Waals surface area contributed by atoms with Crippen LogP contribution in [0.5, 0.6) is 0 Å². The average Bonchev–Trinajstić information content (AvgIpc) is 2.79. The largest absolute Gasteiger partial charge is 0.339 e. The number of rotatable bonds is 5. The number of hydrogen-bond acceptors (Lipinski definition) is 2. The van der Waals surface area contributed by atoms with Crippen LogP contribution in [0.3, 0.4) is 0 Å². The number of anilines is 1. The maximum atomic E-state index is 12.3. The molecule has 1 saturated carbocycles. The minimum absolute atomic E-state index is 0.0414. The Hall–Kier alpha value is -1.36. The molecular weight excluding hydrogens is 368 g/mol. The average molecular weight is 395 g/mol. The van der Waals surface area contributed by atoms with Crippen LogP contribution in [0.2, 0.25) is 0 Å². The topological polar surface area (TPSA) is 49.4 Å². The lowest BCUT2D eigenvalue weighted by Gasteiger charge is -2.30. The van der Waals surface area contributed by atoms with Gasteiger partial charge in [0.15, 0.2) is 0 Å². The van der Waals surface area contributed by atoms with Crippen LogP contribution in [0, 0.1) is 6.92 Å². The van der Waals surface area contributed by atoms with Crippen molar-refractivity contribution in [3.63, 3.8) is 0 Å². The number of benzene rings is 1. The summed E-state index contributed by atoms with van der Waals surface area (Å²) in [5, 5.41) is 2.95. The molecule has 0 aliphatic heterocycles. The number of hydrogen-bond donors (Lipinski definition) is 1. The van der Waals surface area contributed by atoms with Crippen molar-refractivity contribution < 1.29 is 9.59 Å². The Bertz CT molecular complexity index is 581. The third-order valence-electron chi connectivity index (χ3n) is 4.71. The molecule has 5 heteroatoms. The number of carbonyl (C=O) groups excluding carboxylic acids is 2. The predicted molar refractivity (Wildman–Crippen MR) is 101 cm³/mol. The molecule has 0 heterocycles. The summed E-state index contributed by atoms with van der Waals surface area (Å²) in [7, 11) is 0. The van der Waals surface area contributed by atoms with Crippen molar-refractivity contribution in [2.75, 3.05) is 11.9 Å². The quantitative estimate of drug-likeness (QED) is 0.738. The maximum absolute atomic E-state index is 12.3. The fourth-order valence-electron chi connectivity index (χ4n) is 3.37. The van der Waals surface area contributed by atoms with Crippen molar-refractivity contribution in [2.45, 2.75) is 64.8 Å². The smallest absolute Gasteiger partial charge is 0.226 e. The molecule has 4 nitrogen and oxygen atoms in total. The zero-order valence-electron chi connectivity index (χ0n) is 14.6. The summed E-state index contributed by atoms with van der Waals surface area (Å²) in [6.07, 6.45) is 7.33. The molecule has 0 unspecified atom stereocenters. The van der Waals surface area contributed by atoms with Gasteiger partial charge in [-0.1, -0.05) is 41.6 Å². The number of amides is 2. The van der Waals surface area contributed by atoms with Gasteiger partial charge in [0.25, 0.3) is 0 Å². The molecule has 0 radical (unpaired) electrons. The number of halogens is 1. The van der Waals surface area contributed by atoms with Gasteiger partial charge >= 0.3 is 0 Å². The molecule has 132 valence electrons. The number of carbonyl (C=O) groups is 2. The highest BCUT2D eigenvalue weighted by atomic mass is 79.9. The first kappa shape index (κ1) is 19.0. The Morgan fingerprint density at radius 2 is 1.88 bits per heavy atom. The van der Waals surface area contributed by atoms with E-state index >= 15 is 0 Å². The second-order valence-electron chi connectivity index (χ2n) is 6.62. The van der Waals surface area contributed by atoms with Gasteiger partial charge < -0.3 is 10.2 Å². The third-order valence-corrected chi connectivity index (χ3v) is 5.21. The molecule has 1 aromatic rings. The fraction of sp³-hybridized carbons (Fsp3) is 0.579. The lowest BCUT2D eigenvalue weighted by atomic mass is 10.1. The highest BCUT2D eigenvalue weighted by Gasteiger charge is 2.22. The van der Waals surface area contributed by atoms with Crippen LogP contribution < -0.4 is 5.32 Å². The molecule has 1 aromatic carbocycles. The van der Waals surface area contributed by atoms with Crippen molar-refractivity contribution in [2.24, 2.45) is 0 Å². The van der Waals surface area contributed by atoms with Gasteiger partial charge in [0.1, 0.15) is 0 Å². The van der Waals surface area contributed by atoms with E-state index in [1.54, 1.807) is 6.92 Å². The van der Waals surface area contributed by atoms with Crippen LogP contribution >= 0.6 is 15.9 Å². The zero-order chi connectivity index (χ0) is 17.5. The number of aryl methyl sites for hydroxylation is 1. The molecule has 1 aliphatic rings. The first-order valence-electron chi connectivity index (χ1n) is 8.80. The van der Waals surface area contributed by atoms with E-state index < -0.39 is 0 Å². The van der Waals surface area contributed by atoms with Crippen LogP contribution in [0.25, 0.3) is 0 Å². The van der Waals surface area contributed by atoms with Gasteiger partial charge in [0.05, 0.1) is 0 Å². The predicted octanol–water partition coefficient (Wildman–Crippen LogP) is 4.66. The number of nitrogens with zero attached hydrogens (tertiary/aromatic N) is 1. The van der Waals surface area contributed by atoms with Gasteiger partial charge in [-0.15, -0.1) is 0 Å². The van der Waals surface area contributed by atoms with Crippen LogP contribution in [0.15, 0.2) is 22.7 Å². The van der Waals surface area contributed by atoms with E-state index in [9.17, 15) is 9.59 Å². The van der Waals surface area contributed by atoms with Gasteiger partial charge in [0.2, 0.25) is 11.8 Å². The van der Waals surface area contributed by atoms with Crippen LogP contribution in [0.1, 0.15) is 57.4 Å². The zero-order valence-corrected chi connectivity index (χ0v) is 16.2. The second kappa shape index (κ2) is 9.21. The Morgan fingerprint density at radius 3 is 2.46 bits per heavy atom. The SMILES string of the molecule is CC(=O)N(CCC(=O)Nc1ccc(Br)cc1C)C1CCCCCC1. The summed E-state index contributed by atoms with van der Waals surface area (Å²) >= 11 is 3.42. The van der Waals surface area contributed by atoms with Gasteiger partial charge in [-0.05, 0) is 43.5 Å². The summed E-state index contributed by atoms with van der Waals surface area (Å²) in [5.74, 6) is 0.0369. The summed E-state index contributed by atoms with van der Waals surface area (Å²) in [4.78, 5) is 26.2. The summed E-state index contributed by atoms with van der Waals surface area (Å²) in [5.41, 5.74) is 1.84. The minimum atomic E-state index is -0.0414. The highest BCUT2D eigenvalue weighted by Crippen LogP contribution is 2.23. The fourth-order valence-corrected chi connectivity index (χ4v) is 3.84. The molecule has 2 amide bonds. The first-order chi connectivity index (χ1) is 11.5. The van der Waals surface area contributed by atoms with Crippen LogP contribution in [0.4, 0.5) is 5.69 Å². The van der Waals surface area contributed by atoms with Crippen molar-refractivity contribution in [1.29, 1.82) is 0 Å². The van der Waals surface area contributed by atoms with Gasteiger partial charge in [-0.25, -0.2) is 0 Å². The molecule has 0 aromatic heterocycles. The molecule has 0 atom stereocenters. The standard InChI is InChI=1S/C19H27BrN2O2/c1-14-13-16(20)9-10-18(14)21-19(24)11-12-22(15(2)23)17-7-5-3-4-6-8-17/h9-10,13,17H,3-8,11-12H2,1-2H3,(H,21,24). The van der Waals surface area contributed by atoms with E-state index in [1.165, 1.54) is 25.7 Å². The van der Waals surface area contributed by atoms with E-state index in [4.69, 9.17) is 0 Å². The van der Waals surface area contributed by atoms with Gasteiger partial charge in [0, 0.05) is 36.1 Å². The lowest BCUT2D eigenvalue weighted by molar-refractivity contribution is -0.131. The van der Waals surface area contributed by atoms with Crippen LogP contribution in [-0.4, -0.2) is 29.3 Å². The summed E-state index contributed by atoms with van der Waals surface area (Å²) in [6, 6.07) is 6.08. The molecule has 24 heavy (non-hydrogen) atoms. The molecule has 0 spiro atoms. The Morgan fingerprint density at radius 1 is 1.21 bits per heavy atom. The summed E-state index contributed by atoms with van der Waals surface area (Å²) < 4.78 is 0.995. The third kappa shape index (κ3) is 5.62. The first-order valence-corrected chi connectivity index (χ1v) is 9.60. The summed E-state index contributed by atoms with van der Waals surface area (Å²) in [6.45, 7) is 4.08. The monoisotopic (exact) mass is 394 g/mol. The lowest BCUT2D eigenvalue weighted by Crippen LogP contribution is -2.40. The Balaban J connectivity index is 1.91. The molecular formula is C19H27BrN2O2. The van der Waals surface area contributed by atoms with Crippen molar-refractivity contribution in [1.82, 2.24) is 4.90 Å². The second-order valence-corrected chi connectivity index (χ2v) is 7.53. The van der Waals surface area contributed by atoms with Crippen LogP contribution in [-0.2, 0) is 9.59 Å². The van der Waals surface area contributed by atoms with E-state index in [0.717, 1.165) is 28.6 Å².